The highest BCUT2D eigenvalue weighted by Gasteiger charge is 2.23. The van der Waals surface area contributed by atoms with Crippen LogP contribution in [0.25, 0.3) is 0 Å². The molecule has 31 heavy (non-hydrogen) atoms. The van der Waals surface area contributed by atoms with E-state index in [1.807, 2.05) is 20.8 Å². The van der Waals surface area contributed by atoms with E-state index in [0.717, 1.165) is 0 Å². The number of benzene rings is 2. The number of amides is 2. The SMILES string of the molecule is CCOc1ccc(NS(=O)(=O)c2cccc(C(=O)NC(CC(C)C)C(=O)NC)c2)cc1. The normalized spacial score (nSPS) is 12.2. The fourth-order valence-electron chi connectivity index (χ4n) is 2.92. The van der Waals surface area contributed by atoms with Crippen molar-refractivity contribution in [2.24, 2.45) is 5.92 Å². The molecule has 1 atom stereocenters. The van der Waals surface area contributed by atoms with Crippen molar-refractivity contribution in [3.05, 3.63) is 54.1 Å². The summed E-state index contributed by atoms with van der Waals surface area (Å²) in [6.07, 6.45) is 0.461. The summed E-state index contributed by atoms with van der Waals surface area (Å²) in [7, 11) is -2.41. The highest BCUT2D eigenvalue weighted by atomic mass is 32.2. The fourth-order valence-corrected chi connectivity index (χ4v) is 4.03. The van der Waals surface area contributed by atoms with Crippen molar-refractivity contribution >= 4 is 27.5 Å². The summed E-state index contributed by atoms with van der Waals surface area (Å²) in [4.78, 5) is 24.7. The zero-order chi connectivity index (χ0) is 23.0. The molecular formula is C22H29N3O5S. The first-order valence-electron chi connectivity index (χ1n) is 10.0. The maximum absolute atomic E-state index is 12.8. The summed E-state index contributed by atoms with van der Waals surface area (Å²) < 4.78 is 33.4. The van der Waals surface area contributed by atoms with E-state index in [0.29, 0.717) is 24.5 Å². The van der Waals surface area contributed by atoms with Crippen LogP contribution in [0.5, 0.6) is 5.75 Å². The van der Waals surface area contributed by atoms with E-state index in [2.05, 4.69) is 15.4 Å². The standard InChI is InChI=1S/C22H29N3O5S/c1-5-30-18-11-9-17(10-12-18)25-31(28,29)19-8-6-7-16(14-19)21(26)24-20(13-15(2)3)22(27)23-4/h6-12,14-15,20,25H,5,13H2,1-4H3,(H,23,27)(H,24,26). The van der Waals surface area contributed by atoms with Gasteiger partial charge in [-0.3, -0.25) is 14.3 Å². The van der Waals surface area contributed by atoms with Crippen LogP contribution >= 0.6 is 0 Å². The van der Waals surface area contributed by atoms with E-state index in [9.17, 15) is 18.0 Å². The molecule has 3 N–H and O–H groups in total. The lowest BCUT2D eigenvalue weighted by Crippen LogP contribution is -2.46. The van der Waals surface area contributed by atoms with Gasteiger partial charge in [0.05, 0.1) is 11.5 Å². The lowest BCUT2D eigenvalue weighted by molar-refractivity contribution is -0.122. The first-order valence-corrected chi connectivity index (χ1v) is 11.5. The minimum absolute atomic E-state index is 0.0608. The number of carbonyl (C=O) groups is 2. The Bertz CT molecular complexity index is 1000. The summed E-state index contributed by atoms with van der Waals surface area (Å²) in [5.74, 6) is -0.000768. The molecule has 2 amide bonds. The number of ether oxygens (including phenoxy) is 1. The number of rotatable bonds is 10. The Kier molecular flexibility index (Phi) is 8.44. The van der Waals surface area contributed by atoms with E-state index in [1.54, 1.807) is 24.3 Å². The second-order valence-electron chi connectivity index (χ2n) is 7.36. The predicted octanol–water partition coefficient (Wildman–Crippen LogP) is 2.78. The van der Waals surface area contributed by atoms with Crippen LogP contribution in [0.1, 0.15) is 37.6 Å². The molecule has 0 radical (unpaired) electrons. The first-order chi connectivity index (χ1) is 14.7. The van der Waals surface area contributed by atoms with Crippen LogP contribution in [0.4, 0.5) is 5.69 Å². The van der Waals surface area contributed by atoms with Crippen LogP contribution in [0, 0.1) is 5.92 Å². The number of anilines is 1. The van der Waals surface area contributed by atoms with E-state index in [4.69, 9.17) is 4.74 Å². The van der Waals surface area contributed by atoms with Gasteiger partial charge in [-0.2, -0.15) is 0 Å². The highest BCUT2D eigenvalue weighted by Crippen LogP contribution is 2.20. The predicted molar refractivity (Wildman–Crippen MR) is 120 cm³/mol. The average Bonchev–Trinajstić information content (AvgIpc) is 2.73. The molecule has 2 aromatic rings. The number of likely N-dealkylation sites (N-methyl/N-ethyl adjacent to an activating group) is 1. The molecule has 2 rings (SSSR count). The largest absolute Gasteiger partial charge is 0.494 e. The van der Waals surface area contributed by atoms with Gasteiger partial charge in [-0.1, -0.05) is 19.9 Å². The minimum Gasteiger partial charge on any atom is -0.494 e. The van der Waals surface area contributed by atoms with Crippen molar-refractivity contribution in [1.82, 2.24) is 10.6 Å². The highest BCUT2D eigenvalue weighted by molar-refractivity contribution is 7.92. The van der Waals surface area contributed by atoms with Crippen molar-refractivity contribution in [2.75, 3.05) is 18.4 Å². The molecule has 9 heteroatoms. The zero-order valence-electron chi connectivity index (χ0n) is 18.1. The Balaban J connectivity index is 2.18. The molecule has 1 unspecified atom stereocenters. The fraction of sp³-hybridized carbons (Fsp3) is 0.364. The van der Waals surface area contributed by atoms with Crippen molar-refractivity contribution in [3.63, 3.8) is 0 Å². The van der Waals surface area contributed by atoms with E-state index >= 15 is 0 Å². The Morgan fingerprint density at radius 3 is 2.32 bits per heavy atom. The molecule has 0 heterocycles. The third kappa shape index (κ3) is 6.99. The molecule has 0 fully saturated rings. The van der Waals surface area contributed by atoms with Crippen molar-refractivity contribution in [3.8, 4) is 5.75 Å². The van der Waals surface area contributed by atoms with Crippen LogP contribution < -0.4 is 20.1 Å². The summed E-state index contributed by atoms with van der Waals surface area (Å²) >= 11 is 0. The molecular weight excluding hydrogens is 418 g/mol. The number of nitrogens with one attached hydrogen (secondary N) is 3. The maximum atomic E-state index is 12.8. The van der Waals surface area contributed by atoms with Gasteiger partial charge in [-0.25, -0.2) is 8.42 Å². The van der Waals surface area contributed by atoms with E-state index in [-0.39, 0.29) is 22.3 Å². The summed E-state index contributed by atoms with van der Waals surface area (Å²) in [6, 6.07) is 11.5. The molecule has 0 aliphatic rings. The van der Waals surface area contributed by atoms with Gasteiger partial charge < -0.3 is 15.4 Å². The van der Waals surface area contributed by atoms with Gasteiger partial charge in [0.25, 0.3) is 15.9 Å². The third-order valence-corrected chi connectivity index (χ3v) is 5.78. The lowest BCUT2D eigenvalue weighted by atomic mass is 10.0. The number of sulfonamides is 1. The van der Waals surface area contributed by atoms with Gasteiger partial charge in [0.1, 0.15) is 11.8 Å². The van der Waals surface area contributed by atoms with Crippen molar-refractivity contribution < 1.29 is 22.7 Å². The van der Waals surface area contributed by atoms with Crippen LogP contribution in [0.2, 0.25) is 0 Å². The van der Waals surface area contributed by atoms with Crippen LogP contribution in [-0.2, 0) is 14.8 Å². The Labute approximate surface area is 183 Å². The van der Waals surface area contributed by atoms with Crippen molar-refractivity contribution in [2.45, 2.75) is 38.1 Å². The first kappa shape index (κ1) is 24.2. The molecule has 0 aliphatic carbocycles. The average molecular weight is 448 g/mol. The Morgan fingerprint density at radius 2 is 1.74 bits per heavy atom. The molecule has 0 saturated carbocycles. The van der Waals surface area contributed by atoms with Crippen LogP contribution in [0.3, 0.4) is 0 Å². The zero-order valence-corrected chi connectivity index (χ0v) is 19.0. The van der Waals surface area contributed by atoms with Gasteiger partial charge in [0, 0.05) is 18.3 Å². The second kappa shape index (κ2) is 10.8. The smallest absolute Gasteiger partial charge is 0.261 e. The number of carbonyl (C=O) groups excluding carboxylic acids is 2. The molecule has 0 bridgehead atoms. The topological polar surface area (TPSA) is 114 Å². The Morgan fingerprint density at radius 1 is 1.06 bits per heavy atom. The van der Waals surface area contributed by atoms with Gasteiger partial charge in [0.15, 0.2) is 0 Å². The number of hydrogen-bond acceptors (Lipinski definition) is 5. The molecule has 0 saturated heterocycles. The van der Waals surface area contributed by atoms with Gasteiger partial charge in [0.2, 0.25) is 5.91 Å². The summed E-state index contributed by atoms with van der Waals surface area (Å²) in [5.41, 5.74) is 0.516. The minimum atomic E-state index is -3.91. The number of hydrogen-bond donors (Lipinski definition) is 3. The molecule has 2 aromatic carbocycles. The van der Waals surface area contributed by atoms with Crippen LogP contribution in [-0.4, -0.2) is 39.9 Å². The van der Waals surface area contributed by atoms with Gasteiger partial charge in [-0.15, -0.1) is 0 Å². The van der Waals surface area contributed by atoms with E-state index < -0.39 is 22.0 Å². The van der Waals surface area contributed by atoms with Gasteiger partial charge in [-0.05, 0) is 61.7 Å². The van der Waals surface area contributed by atoms with Gasteiger partial charge >= 0.3 is 0 Å². The Hall–Kier alpha value is -3.07. The monoisotopic (exact) mass is 447 g/mol. The molecule has 168 valence electrons. The van der Waals surface area contributed by atoms with Crippen molar-refractivity contribution in [1.29, 1.82) is 0 Å². The summed E-state index contributed by atoms with van der Waals surface area (Å²) in [5, 5.41) is 5.22. The second-order valence-corrected chi connectivity index (χ2v) is 9.04. The third-order valence-electron chi connectivity index (χ3n) is 4.40. The molecule has 0 spiro atoms. The molecule has 8 nitrogen and oxygen atoms in total. The molecule has 0 aliphatic heterocycles. The quantitative estimate of drug-likeness (QED) is 0.518. The van der Waals surface area contributed by atoms with Crippen LogP contribution in [0.15, 0.2) is 53.4 Å². The molecule has 0 aromatic heterocycles. The van der Waals surface area contributed by atoms with E-state index in [1.165, 1.54) is 31.3 Å². The summed E-state index contributed by atoms with van der Waals surface area (Å²) in [6.45, 7) is 6.26. The lowest BCUT2D eigenvalue weighted by Gasteiger charge is -2.19. The maximum Gasteiger partial charge on any atom is 0.261 e.